The highest BCUT2D eigenvalue weighted by atomic mass is 79.9. The Morgan fingerprint density at radius 2 is 2.06 bits per heavy atom. The summed E-state index contributed by atoms with van der Waals surface area (Å²) in [5.41, 5.74) is 2.63. The molecule has 0 saturated heterocycles. The predicted octanol–water partition coefficient (Wildman–Crippen LogP) is 3.79. The van der Waals surface area contributed by atoms with Crippen molar-refractivity contribution >= 4 is 21.6 Å². The molecular weight excluding hydrogens is 288 g/mol. The molecule has 18 heavy (non-hydrogen) atoms. The van der Waals surface area contributed by atoms with Gasteiger partial charge in [-0.3, -0.25) is 0 Å². The van der Waals surface area contributed by atoms with Crippen molar-refractivity contribution in [1.29, 1.82) is 0 Å². The van der Waals surface area contributed by atoms with Crippen LogP contribution >= 0.6 is 15.9 Å². The lowest BCUT2D eigenvalue weighted by atomic mass is 10.1. The van der Waals surface area contributed by atoms with Crippen LogP contribution in [0.2, 0.25) is 0 Å². The van der Waals surface area contributed by atoms with E-state index in [4.69, 9.17) is 0 Å². The Kier molecular flexibility index (Phi) is 5.07. The third kappa shape index (κ3) is 3.48. The van der Waals surface area contributed by atoms with Gasteiger partial charge in [0.05, 0.1) is 5.69 Å². The summed E-state index contributed by atoms with van der Waals surface area (Å²) in [6.07, 6.45) is 5.64. The third-order valence-corrected chi connectivity index (χ3v) is 4.45. The van der Waals surface area contributed by atoms with Crippen molar-refractivity contribution in [3.8, 4) is 0 Å². The molecule has 0 spiro atoms. The maximum absolute atomic E-state index is 3.70. The normalized spacial score (nSPS) is 16.2. The van der Waals surface area contributed by atoms with E-state index in [2.05, 4.69) is 51.4 Å². The van der Waals surface area contributed by atoms with Gasteiger partial charge in [-0.05, 0) is 59.4 Å². The van der Waals surface area contributed by atoms with Crippen molar-refractivity contribution in [1.82, 2.24) is 5.32 Å². The highest BCUT2D eigenvalue weighted by Crippen LogP contribution is 2.30. The summed E-state index contributed by atoms with van der Waals surface area (Å²) in [4.78, 5) is 2.39. The fourth-order valence-corrected chi connectivity index (χ4v) is 3.58. The van der Waals surface area contributed by atoms with Crippen molar-refractivity contribution < 1.29 is 0 Å². The molecule has 100 valence electrons. The lowest BCUT2D eigenvalue weighted by molar-refractivity contribution is 0.547. The van der Waals surface area contributed by atoms with Crippen LogP contribution in [0.4, 0.5) is 5.69 Å². The van der Waals surface area contributed by atoms with Gasteiger partial charge in [0.15, 0.2) is 0 Å². The van der Waals surface area contributed by atoms with E-state index in [1.54, 1.807) is 0 Å². The summed E-state index contributed by atoms with van der Waals surface area (Å²) >= 11 is 3.70. The SMILES string of the molecule is CNCc1ccc(N(C)CC2CCCC2)c(Br)c1. The number of nitrogens with one attached hydrogen (secondary N) is 1. The van der Waals surface area contributed by atoms with E-state index in [9.17, 15) is 0 Å². The lowest BCUT2D eigenvalue weighted by Gasteiger charge is -2.24. The van der Waals surface area contributed by atoms with Crippen LogP contribution in [0.25, 0.3) is 0 Å². The van der Waals surface area contributed by atoms with Gasteiger partial charge >= 0.3 is 0 Å². The average molecular weight is 311 g/mol. The van der Waals surface area contributed by atoms with Crippen molar-refractivity contribution in [2.24, 2.45) is 5.92 Å². The average Bonchev–Trinajstić information content (AvgIpc) is 2.82. The van der Waals surface area contributed by atoms with E-state index in [-0.39, 0.29) is 0 Å². The molecule has 2 nitrogen and oxygen atoms in total. The number of hydrogen-bond donors (Lipinski definition) is 1. The molecular formula is C15H23BrN2. The van der Waals surface area contributed by atoms with Gasteiger partial charge in [-0.2, -0.15) is 0 Å². The van der Waals surface area contributed by atoms with Crippen molar-refractivity contribution in [3.05, 3.63) is 28.2 Å². The van der Waals surface area contributed by atoms with E-state index >= 15 is 0 Å². The number of halogens is 1. The molecule has 3 heteroatoms. The van der Waals surface area contributed by atoms with Crippen LogP contribution in [0.15, 0.2) is 22.7 Å². The molecule has 1 fully saturated rings. The first-order valence-electron chi connectivity index (χ1n) is 6.85. The van der Waals surface area contributed by atoms with Crippen LogP contribution in [0, 0.1) is 5.92 Å². The minimum atomic E-state index is 0.888. The Labute approximate surface area is 119 Å². The minimum Gasteiger partial charge on any atom is -0.373 e. The van der Waals surface area contributed by atoms with Crippen LogP contribution in [-0.4, -0.2) is 20.6 Å². The molecule has 0 unspecified atom stereocenters. The highest BCUT2D eigenvalue weighted by molar-refractivity contribution is 9.10. The third-order valence-electron chi connectivity index (χ3n) is 3.81. The van der Waals surface area contributed by atoms with Crippen LogP contribution < -0.4 is 10.2 Å². The van der Waals surface area contributed by atoms with Gasteiger partial charge < -0.3 is 10.2 Å². The van der Waals surface area contributed by atoms with Crippen molar-refractivity contribution in [2.45, 2.75) is 32.2 Å². The molecule has 0 heterocycles. The Balaban J connectivity index is 2.02. The Hall–Kier alpha value is -0.540. The van der Waals surface area contributed by atoms with Gasteiger partial charge in [0.1, 0.15) is 0 Å². The molecule has 1 aliphatic carbocycles. The van der Waals surface area contributed by atoms with Crippen LogP contribution in [0.1, 0.15) is 31.2 Å². The number of rotatable bonds is 5. The Morgan fingerprint density at radius 1 is 1.33 bits per heavy atom. The van der Waals surface area contributed by atoms with Crippen molar-refractivity contribution in [3.63, 3.8) is 0 Å². The fraction of sp³-hybridized carbons (Fsp3) is 0.600. The van der Waals surface area contributed by atoms with Gasteiger partial charge in [-0.15, -0.1) is 0 Å². The van der Waals surface area contributed by atoms with Crippen LogP contribution in [0.5, 0.6) is 0 Å². The molecule has 2 rings (SSSR count). The van der Waals surface area contributed by atoms with Crippen LogP contribution in [-0.2, 0) is 6.54 Å². The monoisotopic (exact) mass is 310 g/mol. The topological polar surface area (TPSA) is 15.3 Å². The number of hydrogen-bond acceptors (Lipinski definition) is 2. The summed E-state index contributed by atoms with van der Waals surface area (Å²) in [6.45, 7) is 2.11. The van der Waals surface area contributed by atoms with Gasteiger partial charge in [0.2, 0.25) is 0 Å². The zero-order valence-corrected chi connectivity index (χ0v) is 13.0. The van der Waals surface area contributed by atoms with E-state index < -0.39 is 0 Å². The van der Waals surface area contributed by atoms with Crippen molar-refractivity contribution in [2.75, 3.05) is 25.5 Å². The van der Waals surface area contributed by atoms with Gasteiger partial charge in [-0.25, -0.2) is 0 Å². The zero-order valence-electron chi connectivity index (χ0n) is 11.4. The molecule has 1 N–H and O–H groups in total. The smallest absolute Gasteiger partial charge is 0.0508 e. The number of benzene rings is 1. The molecule has 0 atom stereocenters. The summed E-state index contributed by atoms with van der Waals surface area (Å²) in [7, 11) is 4.18. The van der Waals surface area contributed by atoms with Gasteiger partial charge in [-0.1, -0.05) is 18.9 Å². The molecule has 1 saturated carbocycles. The zero-order chi connectivity index (χ0) is 13.0. The minimum absolute atomic E-state index is 0.888. The molecule has 0 aliphatic heterocycles. The Morgan fingerprint density at radius 3 is 2.67 bits per heavy atom. The van der Waals surface area contributed by atoms with Gasteiger partial charge in [0.25, 0.3) is 0 Å². The quantitative estimate of drug-likeness (QED) is 0.890. The van der Waals surface area contributed by atoms with Gasteiger partial charge in [0, 0.05) is 24.6 Å². The first-order valence-corrected chi connectivity index (χ1v) is 7.64. The second-order valence-corrected chi connectivity index (χ2v) is 6.20. The highest BCUT2D eigenvalue weighted by Gasteiger charge is 2.17. The maximum Gasteiger partial charge on any atom is 0.0508 e. The summed E-state index contributed by atoms with van der Waals surface area (Å²) in [6, 6.07) is 6.66. The number of nitrogens with zero attached hydrogens (tertiary/aromatic N) is 1. The molecule has 0 radical (unpaired) electrons. The number of anilines is 1. The van der Waals surface area contributed by atoms with E-state index in [0.29, 0.717) is 0 Å². The fourth-order valence-electron chi connectivity index (χ4n) is 2.85. The molecule has 1 aromatic carbocycles. The first-order chi connectivity index (χ1) is 8.70. The molecule has 1 aliphatic rings. The van der Waals surface area contributed by atoms with E-state index in [1.165, 1.54) is 48.0 Å². The van der Waals surface area contributed by atoms with E-state index in [1.807, 2.05) is 7.05 Å². The maximum atomic E-state index is 3.70. The molecule has 0 amide bonds. The van der Waals surface area contributed by atoms with E-state index in [0.717, 1.165) is 12.5 Å². The summed E-state index contributed by atoms with van der Waals surface area (Å²) in [5.74, 6) is 0.888. The molecule has 0 bridgehead atoms. The Bertz CT molecular complexity index is 386. The molecule has 0 aromatic heterocycles. The van der Waals surface area contributed by atoms with Crippen LogP contribution in [0.3, 0.4) is 0 Å². The largest absolute Gasteiger partial charge is 0.373 e. The summed E-state index contributed by atoms with van der Waals surface area (Å²) in [5, 5.41) is 3.18. The summed E-state index contributed by atoms with van der Waals surface area (Å²) < 4.78 is 1.20. The second kappa shape index (κ2) is 6.58. The first kappa shape index (κ1) is 13.9. The predicted molar refractivity (Wildman–Crippen MR) is 82.1 cm³/mol. The second-order valence-electron chi connectivity index (χ2n) is 5.35. The molecule has 1 aromatic rings. The standard InChI is InChI=1S/C15H23BrN2/c1-17-10-13-7-8-15(14(16)9-13)18(2)11-12-5-3-4-6-12/h7-9,12,17H,3-6,10-11H2,1-2H3. The lowest BCUT2D eigenvalue weighted by Crippen LogP contribution is -2.24.